The number of carbonyl (C=O) groups excluding carboxylic acids is 1. The Morgan fingerprint density at radius 1 is 1.20 bits per heavy atom. The van der Waals surface area contributed by atoms with E-state index in [1.165, 1.54) is 18.4 Å². The number of carbonyl (C=O) groups is 1. The quantitative estimate of drug-likeness (QED) is 0.699. The van der Waals surface area contributed by atoms with Gasteiger partial charge in [-0.2, -0.15) is 0 Å². The SMILES string of the molecule is COC(=O)c1scc(C)c1-c1ccc([SH](=O)=O)c(C)c1. The molecule has 0 aliphatic rings. The number of aryl methyl sites for hydroxylation is 2. The maximum atomic E-state index is 11.8. The molecule has 0 aliphatic carbocycles. The fraction of sp³-hybridized carbons (Fsp3) is 0.214. The zero-order valence-electron chi connectivity index (χ0n) is 11.3. The number of ether oxygens (including phenoxy) is 1. The molecule has 0 spiro atoms. The maximum Gasteiger partial charge on any atom is 0.348 e. The average molecular weight is 310 g/mol. The third-order valence-electron chi connectivity index (χ3n) is 3.03. The minimum Gasteiger partial charge on any atom is -0.465 e. The fourth-order valence-corrected chi connectivity index (χ4v) is 3.60. The summed E-state index contributed by atoms with van der Waals surface area (Å²) in [7, 11) is -1.26. The van der Waals surface area contributed by atoms with Gasteiger partial charge in [0.15, 0.2) is 10.7 Å². The van der Waals surface area contributed by atoms with Crippen LogP contribution in [0.25, 0.3) is 11.1 Å². The molecule has 0 saturated carbocycles. The second-order valence-corrected chi connectivity index (χ2v) is 6.25. The molecular weight excluding hydrogens is 296 g/mol. The number of rotatable bonds is 3. The Labute approximate surface area is 123 Å². The van der Waals surface area contributed by atoms with Crippen LogP contribution >= 0.6 is 11.3 Å². The van der Waals surface area contributed by atoms with E-state index >= 15 is 0 Å². The standard InChI is InChI=1S/C14H14O4S2/c1-8-6-10(4-5-11(8)20(16)17)12-9(2)7-19-13(12)14(15)18-3/h4-7,20H,1-3H3. The summed E-state index contributed by atoms with van der Waals surface area (Å²) in [5, 5.41) is 1.89. The van der Waals surface area contributed by atoms with Gasteiger partial charge < -0.3 is 4.74 Å². The van der Waals surface area contributed by atoms with E-state index in [9.17, 15) is 13.2 Å². The molecule has 0 atom stereocenters. The summed E-state index contributed by atoms with van der Waals surface area (Å²) in [5.74, 6) is -0.380. The van der Waals surface area contributed by atoms with E-state index in [-0.39, 0.29) is 5.97 Å². The Bertz CT molecular complexity index is 734. The normalized spacial score (nSPS) is 10.8. The second-order valence-electron chi connectivity index (χ2n) is 4.37. The van der Waals surface area contributed by atoms with Gasteiger partial charge in [-0.3, -0.25) is 0 Å². The summed E-state index contributed by atoms with van der Waals surface area (Å²) in [6.45, 7) is 3.65. The first-order valence-corrected chi connectivity index (χ1v) is 7.93. The molecule has 0 aliphatic heterocycles. The topological polar surface area (TPSA) is 60.4 Å². The predicted molar refractivity (Wildman–Crippen MR) is 79.1 cm³/mol. The first-order chi connectivity index (χ1) is 9.45. The number of thiol groups is 1. The monoisotopic (exact) mass is 310 g/mol. The minimum absolute atomic E-state index is 0.302. The number of benzene rings is 1. The average Bonchev–Trinajstić information content (AvgIpc) is 2.79. The summed E-state index contributed by atoms with van der Waals surface area (Å²) in [6.07, 6.45) is 0. The van der Waals surface area contributed by atoms with Crippen LogP contribution in [0.1, 0.15) is 20.8 Å². The van der Waals surface area contributed by atoms with E-state index in [0.717, 1.165) is 16.7 Å². The van der Waals surface area contributed by atoms with Crippen LogP contribution in [0.15, 0.2) is 28.5 Å². The lowest BCUT2D eigenvalue weighted by atomic mass is 10.0. The largest absolute Gasteiger partial charge is 0.465 e. The third-order valence-corrected chi connectivity index (χ3v) is 5.00. The molecule has 106 valence electrons. The molecule has 0 radical (unpaired) electrons. The zero-order valence-corrected chi connectivity index (χ0v) is 13.0. The Morgan fingerprint density at radius 2 is 1.90 bits per heavy atom. The molecule has 0 saturated heterocycles. The van der Waals surface area contributed by atoms with Gasteiger partial charge in [-0.25, -0.2) is 13.2 Å². The Kier molecular flexibility index (Phi) is 4.25. The van der Waals surface area contributed by atoms with E-state index in [1.54, 1.807) is 25.1 Å². The van der Waals surface area contributed by atoms with Crippen LogP contribution in [0.5, 0.6) is 0 Å². The van der Waals surface area contributed by atoms with Crippen molar-refractivity contribution in [2.75, 3.05) is 7.11 Å². The molecule has 1 aromatic heterocycles. The highest BCUT2D eigenvalue weighted by Gasteiger charge is 2.18. The molecule has 4 nitrogen and oxygen atoms in total. The zero-order chi connectivity index (χ0) is 14.9. The van der Waals surface area contributed by atoms with Crippen molar-refractivity contribution in [1.29, 1.82) is 0 Å². The first kappa shape index (κ1) is 14.7. The third kappa shape index (κ3) is 2.62. The van der Waals surface area contributed by atoms with Crippen molar-refractivity contribution < 1.29 is 17.9 Å². The van der Waals surface area contributed by atoms with Crippen LogP contribution < -0.4 is 0 Å². The van der Waals surface area contributed by atoms with Gasteiger partial charge in [0.05, 0.1) is 12.0 Å². The molecular formula is C14H14O4S2. The van der Waals surface area contributed by atoms with Gasteiger partial charge in [0, 0.05) is 5.56 Å². The molecule has 0 N–H and O–H groups in total. The van der Waals surface area contributed by atoms with Crippen molar-refractivity contribution in [1.82, 2.24) is 0 Å². The van der Waals surface area contributed by atoms with Crippen molar-refractivity contribution in [3.05, 3.63) is 39.6 Å². The molecule has 1 aromatic carbocycles. The van der Waals surface area contributed by atoms with Crippen LogP contribution in [0.4, 0.5) is 0 Å². The van der Waals surface area contributed by atoms with Crippen LogP contribution in [0.3, 0.4) is 0 Å². The van der Waals surface area contributed by atoms with E-state index in [0.29, 0.717) is 15.3 Å². The highest BCUT2D eigenvalue weighted by Crippen LogP contribution is 2.34. The van der Waals surface area contributed by atoms with Gasteiger partial charge in [-0.15, -0.1) is 11.3 Å². The van der Waals surface area contributed by atoms with Crippen LogP contribution in [0.2, 0.25) is 0 Å². The molecule has 1 heterocycles. The summed E-state index contributed by atoms with van der Waals surface area (Å²) in [6, 6.07) is 5.06. The lowest BCUT2D eigenvalue weighted by Gasteiger charge is -2.07. The van der Waals surface area contributed by atoms with Gasteiger partial charge in [0.25, 0.3) is 0 Å². The molecule has 2 rings (SSSR count). The fourth-order valence-electron chi connectivity index (χ4n) is 2.06. The molecule has 2 aromatic rings. The van der Waals surface area contributed by atoms with E-state index in [2.05, 4.69) is 0 Å². The van der Waals surface area contributed by atoms with Crippen molar-refractivity contribution >= 4 is 28.0 Å². The number of hydrogen-bond acceptors (Lipinski definition) is 5. The minimum atomic E-state index is -2.61. The van der Waals surface area contributed by atoms with Gasteiger partial charge >= 0.3 is 5.97 Å². The van der Waals surface area contributed by atoms with Crippen LogP contribution in [-0.2, 0) is 15.4 Å². The maximum absolute atomic E-state index is 11.8. The molecule has 0 fully saturated rings. The first-order valence-electron chi connectivity index (χ1n) is 5.87. The van der Waals surface area contributed by atoms with Crippen LogP contribution in [-0.4, -0.2) is 21.5 Å². The molecule has 6 heteroatoms. The predicted octanol–water partition coefficient (Wildman–Crippen LogP) is 2.79. The molecule has 0 amide bonds. The van der Waals surface area contributed by atoms with Gasteiger partial charge in [-0.05, 0) is 42.0 Å². The van der Waals surface area contributed by atoms with Gasteiger partial charge in [-0.1, -0.05) is 12.1 Å². The lowest BCUT2D eigenvalue weighted by Crippen LogP contribution is -2.00. The molecule has 20 heavy (non-hydrogen) atoms. The van der Waals surface area contributed by atoms with Crippen molar-refractivity contribution in [2.24, 2.45) is 0 Å². The van der Waals surface area contributed by atoms with Gasteiger partial charge in [0.2, 0.25) is 0 Å². The highest BCUT2D eigenvalue weighted by molar-refractivity contribution is 7.72. The van der Waals surface area contributed by atoms with Crippen molar-refractivity contribution in [3.63, 3.8) is 0 Å². The Balaban J connectivity index is 2.60. The van der Waals surface area contributed by atoms with Crippen LogP contribution in [0, 0.1) is 13.8 Å². The number of methoxy groups -OCH3 is 1. The number of hydrogen-bond donors (Lipinski definition) is 1. The summed E-state index contributed by atoms with van der Waals surface area (Å²) in [5.41, 5.74) is 3.26. The smallest absolute Gasteiger partial charge is 0.348 e. The van der Waals surface area contributed by atoms with E-state index in [4.69, 9.17) is 4.74 Å². The highest BCUT2D eigenvalue weighted by atomic mass is 32.2. The Hall–Kier alpha value is -1.66. The summed E-state index contributed by atoms with van der Waals surface area (Å²) in [4.78, 5) is 12.6. The summed E-state index contributed by atoms with van der Waals surface area (Å²) < 4.78 is 26.9. The summed E-state index contributed by atoms with van der Waals surface area (Å²) >= 11 is 1.33. The number of esters is 1. The molecule has 0 bridgehead atoms. The molecule has 0 unspecified atom stereocenters. The van der Waals surface area contributed by atoms with Crippen molar-refractivity contribution in [3.8, 4) is 11.1 Å². The second kappa shape index (κ2) is 5.76. The van der Waals surface area contributed by atoms with E-state index in [1.807, 2.05) is 12.3 Å². The van der Waals surface area contributed by atoms with Crippen molar-refractivity contribution in [2.45, 2.75) is 18.7 Å². The Morgan fingerprint density at radius 3 is 2.45 bits per heavy atom. The lowest BCUT2D eigenvalue weighted by molar-refractivity contribution is 0.0607. The van der Waals surface area contributed by atoms with E-state index < -0.39 is 10.7 Å². The number of thiophene rings is 1. The van der Waals surface area contributed by atoms with Gasteiger partial charge in [0.1, 0.15) is 4.88 Å².